The molecule has 4 heterocycles. The maximum Gasteiger partial charge on any atom is 0.274 e. The van der Waals surface area contributed by atoms with Crippen molar-refractivity contribution < 1.29 is 4.79 Å². The minimum absolute atomic E-state index is 0.229. The largest absolute Gasteiger partial charge is 0.370 e. The van der Waals surface area contributed by atoms with Gasteiger partial charge in [-0.15, -0.1) is 0 Å². The smallest absolute Gasteiger partial charge is 0.274 e. The van der Waals surface area contributed by atoms with Crippen molar-refractivity contribution in [1.29, 1.82) is 0 Å². The van der Waals surface area contributed by atoms with Crippen LogP contribution in [0.2, 0.25) is 0 Å². The first kappa shape index (κ1) is 19.3. The van der Waals surface area contributed by atoms with E-state index in [4.69, 9.17) is 0 Å². The van der Waals surface area contributed by atoms with Crippen LogP contribution in [0, 0.1) is 0 Å². The molecule has 1 amide bonds. The van der Waals surface area contributed by atoms with Crippen molar-refractivity contribution >= 4 is 28.2 Å². The number of pyridine rings is 1. The predicted molar refractivity (Wildman–Crippen MR) is 121 cm³/mol. The molecule has 5 rings (SSSR count). The van der Waals surface area contributed by atoms with Crippen LogP contribution < -0.4 is 10.2 Å². The van der Waals surface area contributed by atoms with Gasteiger partial charge in [0.15, 0.2) is 0 Å². The zero-order valence-corrected chi connectivity index (χ0v) is 17.7. The van der Waals surface area contributed by atoms with E-state index in [1.807, 2.05) is 44.7 Å². The van der Waals surface area contributed by atoms with Gasteiger partial charge in [0.1, 0.15) is 5.69 Å². The van der Waals surface area contributed by atoms with Crippen molar-refractivity contribution in [3.63, 3.8) is 0 Å². The number of carbonyl (C=O) groups excluding carboxylic acids is 1. The molecule has 0 spiro atoms. The van der Waals surface area contributed by atoms with E-state index in [9.17, 15) is 4.79 Å². The molecule has 0 unspecified atom stereocenters. The summed E-state index contributed by atoms with van der Waals surface area (Å²) < 4.78 is 3.52. The molecule has 0 bridgehead atoms. The molecule has 1 aromatic carbocycles. The molecule has 1 aliphatic heterocycles. The molecule has 1 saturated heterocycles. The van der Waals surface area contributed by atoms with Crippen molar-refractivity contribution in [2.75, 3.05) is 23.3 Å². The van der Waals surface area contributed by atoms with Crippen LogP contribution in [-0.4, -0.2) is 43.5 Å². The molecule has 158 valence electrons. The molecule has 8 nitrogen and oxygen atoms in total. The number of benzene rings is 1. The standard InChI is InChI=1S/C23H25N7O/c1-28-15-17(13-24-28)18-7-6-8-19(25-18)23(31)26-21-11-16-14-29(2)27-20(16)12-22(21)30-9-4-3-5-10-30/h6-8,11-15H,3-5,9-10H2,1-2H3,(H,26,31). The third-order valence-electron chi connectivity index (χ3n) is 5.66. The fourth-order valence-corrected chi connectivity index (χ4v) is 4.14. The maximum absolute atomic E-state index is 13.1. The Bertz CT molecular complexity index is 1250. The van der Waals surface area contributed by atoms with E-state index in [0.29, 0.717) is 5.69 Å². The summed E-state index contributed by atoms with van der Waals surface area (Å²) in [5.41, 5.74) is 4.71. The predicted octanol–water partition coefficient (Wildman–Crippen LogP) is 3.61. The molecular formula is C23H25N7O. The number of hydrogen-bond acceptors (Lipinski definition) is 5. The molecule has 4 aromatic rings. The average Bonchev–Trinajstić information content (AvgIpc) is 3.38. The SMILES string of the molecule is Cn1cc(-c2cccc(C(=O)Nc3cc4cn(C)nc4cc3N3CCCCC3)n2)cn1. The van der Waals surface area contributed by atoms with Crippen LogP contribution in [-0.2, 0) is 14.1 Å². The van der Waals surface area contributed by atoms with Gasteiger partial charge >= 0.3 is 0 Å². The Hall–Kier alpha value is -3.68. The van der Waals surface area contributed by atoms with E-state index in [-0.39, 0.29) is 5.91 Å². The lowest BCUT2D eigenvalue weighted by Crippen LogP contribution is -2.30. The van der Waals surface area contributed by atoms with Gasteiger partial charge in [-0.3, -0.25) is 14.2 Å². The quantitative estimate of drug-likeness (QED) is 0.551. The fraction of sp³-hybridized carbons (Fsp3) is 0.304. The Labute approximate surface area is 180 Å². The second-order valence-electron chi connectivity index (χ2n) is 8.04. The third kappa shape index (κ3) is 3.88. The highest BCUT2D eigenvalue weighted by Gasteiger charge is 2.19. The first-order chi connectivity index (χ1) is 15.1. The Morgan fingerprint density at radius 1 is 1.03 bits per heavy atom. The summed E-state index contributed by atoms with van der Waals surface area (Å²) >= 11 is 0. The summed E-state index contributed by atoms with van der Waals surface area (Å²) in [4.78, 5) is 20.1. The number of hydrogen-bond donors (Lipinski definition) is 1. The van der Waals surface area contributed by atoms with Crippen LogP contribution in [0.4, 0.5) is 11.4 Å². The summed E-state index contributed by atoms with van der Waals surface area (Å²) in [6.45, 7) is 1.96. The van der Waals surface area contributed by atoms with Crippen molar-refractivity contribution in [2.45, 2.75) is 19.3 Å². The monoisotopic (exact) mass is 415 g/mol. The van der Waals surface area contributed by atoms with E-state index >= 15 is 0 Å². The highest BCUT2D eigenvalue weighted by Crippen LogP contribution is 2.33. The molecule has 0 aliphatic carbocycles. The molecule has 1 N–H and O–H groups in total. The molecule has 0 saturated carbocycles. The third-order valence-corrected chi connectivity index (χ3v) is 5.66. The van der Waals surface area contributed by atoms with E-state index < -0.39 is 0 Å². The van der Waals surface area contributed by atoms with Crippen molar-refractivity contribution in [2.24, 2.45) is 14.1 Å². The zero-order valence-electron chi connectivity index (χ0n) is 17.7. The summed E-state index contributed by atoms with van der Waals surface area (Å²) in [5, 5.41) is 12.8. The van der Waals surface area contributed by atoms with Crippen molar-refractivity contribution in [3.8, 4) is 11.3 Å². The summed E-state index contributed by atoms with van der Waals surface area (Å²) in [6.07, 6.45) is 9.15. The summed E-state index contributed by atoms with van der Waals surface area (Å²) in [7, 11) is 3.77. The van der Waals surface area contributed by atoms with Crippen LogP contribution in [0.1, 0.15) is 29.8 Å². The normalized spacial score (nSPS) is 14.2. The van der Waals surface area contributed by atoms with Crippen LogP contribution in [0.3, 0.4) is 0 Å². The first-order valence-electron chi connectivity index (χ1n) is 10.6. The molecule has 1 fully saturated rings. The number of carbonyl (C=O) groups is 1. The number of nitrogens with one attached hydrogen (secondary N) is 1. The van der Waals surface area contributed by atoms with E-state index in [2.05, 4.69) is 31.5 Å². The van der Waals surface area contributed by atoms with E-state index in [1.165, 1.54) is 6.42 Å². The van der Waals surface area contributed by atoms with Crippen LogP contribution in [0.15, 0.2) is 48.9 Å². The zero-order chi connectivity index (χ0) is 21.4. The van der Waals surface area contributed by atoms with Crippen molar-refractivity contribution in [3.05, 3.63) is 54.6 Å². The minimum Gasteiger partial charge on any atom is -0.370 e. The Morgan fingerprint density at radius 3 is 2.65 bits per heavy atom. The van der Waals surface area contributed by atoms with Crippen molar-refractivity contribution in [1.82, 2.24) is 24.5 Å². The van der Waals surface area contributed by atoms with E-state index in [0.717, 1.165) is 59.5 Å². The Morgan fingerprint density at radius 2 is 1.87 bits per heavy atom. The highest BCUT2D eigenvalue weighted by atomic mass is 16.1. The van der Waals surface area contributed by atoms with Gasteiger partial charge in [-0.05, 0) is 43.5 Å². The molecule has 3 aromatic heterocycles. The molecule has 0 radical (unpaired) electrons. The molecule has 8 heteroatoms. The van der Waals surface area contributed by atoms with Gasteiger partial charge in [-0.2, -0.15) is 10.2 Å². The number of rotatable bonds is 4. The van der Waals surface area contributed by atoms with Crippen LogP contribution in [0.25, 0.3) is 22.2 Å². The number of aryl methyl sites for hydroxylation is 2. The summed E-state index contributed by atoms with van der Waals surface area (Å²) in [6, 6.07) is 9.55. The van der Waals surface area contributed by atoms with Gasteiger partial charge in [-0.1, -0.05) is 6.07 Å². The maximum atomic E-state index is 13.1. The van der Waals surface area contributed by atoms with Gasteiger partial charge in [0.05, 0.1) is 28.8 Å². The lowest BCUT2D eigenvalue weighted by molar-refractivity contribution is 0.102. The minimum atomic E-state index is -0.229. The van der Waals surface area contributed by atoms with Crippen LogP contribution >= 0.6 is 0 Å². The second-order valence-corrected chi connectivity index (χ2v) is 8.04. The summed E-state index contributed by atoms with van der Waals surface area (Å²) in [5.74, 6) is -0.229. The number of anilines is 2. The molecular weight excluding hydrogens is 390 g/mol. The van der Waals surface area contributed by atoms with Gasteiger partial charge in [0.2, 0.25) is 0 Å². The lowest BCUT2D eigenvalue weighted by Gasteiger charge is -2.30. The van der Waals surface area contributed by atoms with Gasteiger partial charge in [0.25, 0.3) is 5.91 Å². The van der Waals surface area contributed by atoms with Gasteiger partial charge < -0.3 is 10.2 Å². The van der Waals surface area contributed by atoms with E-state index in [1.54, 1.807) is 21.6 Å². The second kappa shape index (κ2) is 7.86. The molecule has 0 atom stereocenters. The van der Waals surface area contributed by atoms with Gasteiger partial charge in [0, 0.05) is 50.5 Å². The number of amides is 1. The number of piperidine rings is 1. The number of fused-ring (bicyclic) bond motifs is 1. The fourth-order valence-electron chi connectivity index (χ4n) is 4.14. The molecule has 1 aliphatic rings. The Balaban J connectivity index is 1.48. The number of nitrogens with zero attached hydrogens (tertiary/aromatic N) is 6. The van der Waals surface area contributed by atoms with Crippen LogP contribution in [0.5, 0.6) is 0 Å². The molecule has 31 heavy (non-hydrogen) atoms. The number of aromatic nitrogens is 5. The highest BCUT2D eigenvalue weighted by molar-refractivity contribution is 6.06. The Kier molecular flexibility index (Phi) is 4.89. The topological polar surface area (TPSA) is 80.9 Å². The van der Waals surface area contributed by atoms with Gasteiger partial charge in [-0.25, -0.2) is 4.98 Å². The lowest BCUT2D eigenvalue weighted by atomic mass is 10.1. The average molecular weight is 416 g/mol. The first-order valence-corrected chi connectivity index (χ1v) is 10.6.